The minimum absolute atomic E-state index is 0.0379. The molecule has 20 heavy (non-hydrogen) atoms. The molecule has 1 unspecified atom stereocenters. The molecule has 0 aromatic heterocycles. The second kappa shape index (κ2) is 6.87. The SMILES string of the molecule is CNCc1ccc(Cl)c(S(=O)(=O)NCC2CCCO2)c1. The summed E-state index contributed by atoms with van der Waals surface area (Å²) in [6.07, 6.45) is 1.82. The molecular weight excluding hydrogens is 300 g/mol. The molecule has 7 heteroatoms. The van der Waals surface area contributed by atoms with Crippen molar-refractivity contribution in [3.05, 3.63) is 28.8 Å². The molecule has 1 heterocycles. The van der Waals surface area contributed by atoms with E-state index in [1.54, 1.807) is 25.2 Å². The molecule has 1 aliphatic heterocycles. The molecule has 0 amide bonds. The first-order chi connectivity index (χ1) is 9.53. The van der Waals surface area contributed by atoms with E-state index >= 15 is 0 Å². The lowest BCUT2D eigenvalue weighted by Gasteiger charge is -2.13. The van der Waals surface area contributed by atoms with Crippen LogP contribution in [-0.4, -0.2) is 34.7 Å². The minimum Gasteiger partial charge on any atom is -0.377 e. The van der Waals surface area contributed by atoms with Crippen LogP contribution in [0.2, 0.25) is 5.02 Å². The smallest absolute Gasteiger partial charge is 0.242 e. The summed E-state index contributed by atoms with van der Waals surface area (Å²) in [5.41, 5.74) is 0.870. The highest BCUT2D eigenvalue weighted by atomic mass is 35.5. The molecule has 1 aliphatic rings. The second-order valence-electron chi connectivity index (χ2n) is 4.78. The number of nitrogens with one attached hydrogen (secondary N) is 2. The van der Waals surface area contributed by atoms with E-state index < -0.39 is 10.0 Å². The molecule has 0 aliphatic carbocycles. The Bertz CT molecular complexity index is 557. The average molecular weight is 319 g/mol. The molecule has 1 atom stereocenters. The van der Waals surface area contributed by atoms with E-state index in [0.717, 1.165) is 18.4 Å². The van der Waals surface area contributed by atoms with Crippen molar-refractivity contribution in [2.75, 3.05) is 20.2 Å². The van der Waals surface area contributed by atoms with Crippen molar-refractivity contribution in [2.24, 2.45) is 0 Å². The van der Waals surface area contributed by atoms with E-state index in [2.05, 4.69) is 10.0 Å². The largest absolute Gasteiger partial charge is 0.377 e. The van der Waals surface area contributed by atoms with E-state index in [4.69, 9.17) is 16.3 Å². The second-order valence-corrected chi connectivity index (χ2v) is 6.92. The standard InChI is InChI=1S/C13H19ClN2O3S/c1-15-8-10-4-5-12(14)13(7-10)20(17,18)16-9-11-3-2-6-19-11/h4-5,7,11,15-16H,2-3,6,8-9H2,1H3. The Kier molecular flexibility index (Phi) is 5.40. The molecule has 112 valence electrons. The van der Waals surface area contributed by atoms with Crippen LogP contribution in [0, 0.1) is 0 Å². The number of halogens is 1. The summed E-state index contributed by atoms with van der Waals surface area (Å²) >= 11 is 6.01. The Morgan fingerprint density at radius 2 is 2.25 bits per heavy atom. The summed E-state index contributed by atoms with van der Waals surface area (Å²) in [7, 11) is -1.80. The Balaban J connectivity index is 2.12. The van der Waals surface area contributed by atoms with Gasteiger partial charge in [0, 0.05) is 19.7 Å². The van der Waals surface area contributed by atoms with Crippen LogP contribution in [-0.2, 0) is 21.3 Å². The molecule has 0 saturated carbocycles. The van der Waals surface area contributed by atoms with Gasteiger partial charge in [-0.3, -0.25) is 0 Å². The number of rotatable bonds is 6. The third kappa shape index (κ3) is 3.93. The van der Waals surface area contributed by atoms with Crippen LogP contribution in [0.25, 0.3) is 0 Å². The Morgan fingerprint density at radius 3 is 2.90 bits per heavy atom. The fourth-order valence-corrected chi connectivity index (χ4v) is 3.77. The summed E-state index contributed by atoms with van der Waals surface area (Å²) in [6, 6.07) is 5.00. The predicted molar refractivity (Wildman–Crippen MR) is 78.4 cm³/mol. The van der Waals surface area contributed by atoms with Gasteiger partial charge >= 0.3 is 0 Å². The topological polar surface area (TPSA) is 67.4 Å². The average Bonchev–Trinajstić information content (AvgIpc) is 2.92. The fourth-order valence-electron chi connectivity index (χ4n) is 2.15. The maximum atomic E-state index is 12.3. The lowest BCUT2D eigenvalue weighted by atomic mass is 10.2. The molecule has 5 nitrogen and oxygen atoms in total. The first kappa shape index (κ1) is 15.7. The highest BCUT2D eigenvalue weighted by molar-refractivity contribution is 7.89. The third-order valence-electron chi connectivity index (χ3n) is 3.19. The highest BCUT2D eigenvalue weighted by Gasteiger charge is 2.22. The van der Waals surface area contributed by atoms with Gasteiger partial charge in [-0.2, -0.15) is 0 Å². The number of benzene rings is 1. The molecule has 1 fully saturated rings. The quantitative estimate of drug-likeness (QED) is 0.834. The predicted octanol–water partition coefficient (Wildman–Crippen LogP) is 1.52. The van der Waals surface area contributed by atoms with Crippen LogP contribution in [0.15, 0.2) is 23.1 Å². The molecule has 1 saturated heterocycles. The van der Waals surface area contributed by atoms with E-state index in [0.29, 0.717) is 13.2 Å². The normalized spacial score (nSPS) is 19.4. The summed E-state index contributed by atoms with van der Waals surface area (Å²) in [5.74, 6) is 0. The van der Waals surface area contributed by atoms with Gasteiger partial charge in [-0.25, -0.2) is 13.1 Å². The zero-order valence-electron chi connectivity index (χ0n) is 11.4. The van der Waals surface area contributed by atoms with E-state index in [1.807, 2.05) is 0 Å². The van der Waals surface area contributed by atoms with Gasteiger partial charge in [-0.05, 0) is 37.6 Å². The first-order valence-corrected chi connectivity index (χ1v) is 8.43. The number of sulfonamides is 1. The summed E-state index contributed by atoms with van der Waals surface area (Å²) < 4.78 is 32.6. The van der Waals surface area contributed by atoms with Crippen molar-refractivity contribution in [3.63, 3.8) is 0 Å². The van der Waals surface area contributed by atoms with Crippen molar-refractivity contribution < 1.29 is 13.2 Å². The monoisotopic (exact) mass is 318 g/mol. The van der Waals surface area contributed by atoms with Gasteiger partial charge in [0.1, 0.15) is 4.90 Å². The van der Waals surface area contributed by atoms with Crippen molar-refractivity contribution in [3.8, 4) is 0 Å². The molecule has 1 aromatic rings. The van der Waals surface area contributed by atoms with Crippen LogP contribution in [0.3, 0.4) is 0 Å². The number of ether oxygens (including phenoxy) is 1. The lowest BCUT2D eigenvalue weighted by Crippen LogP contribution is -2.32. The first-order valence-electron chi connectivity index (χ1n) is 6.57. The lowest BCUT2D eigenvalue weighted by molar-refractivity contribution is 0.114. The molecule has 0 bridgehead atoms. The van der Waals surface area contributed by atoms with Crippen molar-refractivity contribution in [2.45, 2.75) is 30.4 Å². The van der Waals surface area contributed by atoms with Crippen LogP contribution in [0.5, 0.6) is 0 Å². The van der Waals surface area contributed by atoms with Gasteiger partial charge in [0.2, 0.25) is 10.0 Å². The maximum Gasteiger partial charge on any atom is 0.242 e. The van der Waals surface area contributed by atoms with Gasteiger partial charge in [0.05, 0.1) is 11.1 Å². The highest BCUT2D eigenvalue weighted by Crippen LogP contribution is 2.23. The zero-order valence-corrected chi connectivity index (χ0v) is 12.9. The van der Waals surface area contributed by atoms with Gasteiger partial charge in [-0.1, -0.05) is 17.7 Å². The molecule has 2 rings (SSSR count). The Morgan fingerprint density at radius 1 is 1.45 bits per heavy atom. The van der Waals surface area contributed by atoms with Gasteiger partial charge in [-0.15, -0.1) is 0 Å². The molecule has 0 radical (unpaired) electrons. The summed E-state index contributed by atoms with van der Waals surface area (Å²) in [4.78, 5) is 0.116. The van der Waals surface area contributed by atoms with Gasteiger partial charge in [0.15, 0.2) is 0 Å². The van der Waals surface area contributed by atoms with E-state index in [1.165, 1.54) is 0 Å². The van der Waals surface area contributed by atoms with Crippen molar-refractivity contribution in [1.82, 2.24) is 10.0 Å². The summed E-state index contributed by atoms with van der Waals surface area (Å²) in [5, 5.41) is 3.21. The van der Waals surface area contributed by atoms with Crippen LogP contribution >= 0.6 is 11.6 Å². The number of hydrogen-bond acceptors (Lipinski definition) is 4. The summed E-state index contributed by atoms with van der Waals surface area (Å²) in [6.45, 7) is 1.57. The Hall–Kier alpha value is -0.660. The fraction of sp³-hybridized carbons (Fsp3) is 0.538. The van der Waals surface area contributed by atoms with Crippen LogP contribution in [0.1, 0.15) is 18.4 Å². The molecule has 1 aromatic carbocycles. The van der Waals surface area contributed by atoms with E-state index in [9.17, 15) is 8.42 Å². The third-order valence-corrected chi connectivity index (χ3v) is 5.10. The Labute approximate surface area is 124 Å². The van der Waals surface area contributed by atoms with Gasteiger partial charge in [0.25, 0.3) is 0 Å². The van der Waals surface area contributed by atoms with Gasteiger partial charge < -0.3 is 10.1 Å². The molecule has 2 N–H and O–H groups in total. The van der Waals surface area contributed by atoms with E-state index in [-0.39, 0.29) is 22.6 Å². The molecule has 0 spiro atoms. The molecular formula is C13H19ClN2O3S. The van der Waals surface area contributed by atoms with Crippen LogP contribution in [0.4, 0.5) is 0 Å². The number of hydrogen-bond donors (Lipinski definition) is 2. The van der Waals surface area contributed by atoms with Crippen LogP contribution < -0.4 is 10.0 Å². The minimum atomic E-state index is -3.61. The van der Waals surface area contributed by atoms with Crippen molar-refractivity contribution in [1.29, 1.82) is 0 Å². The zero-order chi connectivity index (χ0) is 14.6. The maximum absolute atomic E-state index is 12.3. The van der Waals surface area contributed by atoms with Crippen molar-refractivity contribution >= 4 is 21.6 Å².